The Morgan fingerprint density at radius 3 is 2.00 bits per heavy atom. The Balaban J connectivity index is 4.48. The van der Waals surface area contributed by atoms with E-state index in [1.807, 2.05) is 0 Å². The van der Waals surface area contributed by atoms with Gasteiger partial charge in [-0.25, -0.2) is 4.79 Å². The molecule has 0 atom stereocenters. The smallest absolute Gasteiger partial charge is 0.377 e. The van der Waals surface area contributed by atoms with Crippen LogP contribution in [0.4, 0.5) is 0 Å². The molecule has 0 aliphatic rings. The van der Waals surface area contributed by atoms with Crippen molar-refractivity contribution in [3.8, 4) is 0 Å². The van der Waals surface area contributed by atoms with Crippen molar-refractivity contribution in [3.05, 3.63) is 11.8 Å². The van der Waals surface area contributed by atoms with Crippen LogP contribution in [-0.4, -0.2) is 28.2 Å². The van der Waals surface area contributed by atoms with Crippen LogP contribution in [0.3, 0.4) is 0 Å². The molecule has 0 radical (unpaired) electrons. The van der Waals surface area contributed by atoms with E-state index < -0.39 is 17.3 Å². The van der Waals surface area contributed by atoms with Gasteiger partial charge in [-0.2, -0.15) is 0 Å². The molecule has 0 aliphatic heterocycles. The second kappa shape index (κ2) is 3.39. The molecule has 0 aromatic heterocycles. The topological polar surface area (TPSA) is 98.5 Å². The molecule has 0 aromatic carbocycles. The summed E-state index contributed by atoms with van der Waals surface area (Å²) in [5, 5.41) is 22.6. The van der Waals surface area contributed by atoms with E-state index in [0.717, 1.165) is 0 Å². The average molecular weight is 143 g/mol. The molecule has 0 amide bonds. The van der Waals surface area contributed by atoms with Crippen LogP contribution in [0.15, 0.2) is 11.8 Å². The monoisotopic (exact) mass is 143 g/mol. The Kier molecular flexibility index (Phi) is 2.83. The maximum absolute atomic E-state index is 10.3. The van der Waals surface area contributed by atoms with E-state index in [-0.39, 0.29) is 6.26 Å². The minimum Gasteiger partial charge on any atom is -0.515 e. The fraction of sp³-hybridized carbons (Fsp3) is 0. The molecule has 0 aliphatic carbocycles. The Morgan fingerprint density at radius 1 is 1.40 bits per heavy atom. The molecule has 10 heavy (non-hydrogen) atoms. The maximum Gasteiger partial charge on any atom is 0.377 e. The van der Waals surface area contributed by atoms with Crippen molar-refractivity contribution < 1.29 is 19.8 Å². The number of carbonyl (C=O) groups is 2. The van der Waals surface area contributed by atoms with Crippen molar-refractivity contribution in [2.75, 3.05) is 0 Å². The molecule has 0 aromatic rings. The second-order valence-electron chi connectivity index (χ2n) is 1.36. The summed E-state index contributed by atoms with van der Waals surface area (Å²) in [4.78, 5) is 20.2. The van der Waals surface area contributed by atoms with E-state index in [1.54, 1.807) is 0 Å². The third-order valence-corrected chi connectivity index (χ3v) is 0.751. The van der Waals surface area contributed by atoms with E-state index >= 15 is 0 Å². The largest absolute Gasteiger partial charge is 0.515 e. The van der Waals surface area contributed by atoms with Crippen LogP contribution >= 0.6 is 0 Å². The molecule has 0 rings (SSSR count). The molecule has 5 nitrogen and oxygen atoms in total. The van der Waals surface area contributed by atoms with E-state index in [9.17, 15) is 9.59 Å². The first kappa shape index (κ1) is 8.35. The molecule has 0 heterocycles. The molecular weight excluding hydrogens is 138 g/mol. The number of carbonyl (C=O) groups excluding carboxylic acids is 1. The highest BCUT2D eigenvalue weighted by atomic mass is 16.4. The van der Waals surface area contributed by atoms with Crippen molar-refractivity contribution in [3.63, 3.8) is 0 Å². The average Bonchev–Trinajstić information content (AvgIpc) is 1.90. The van der Waals surface area contributed by atoms with Crippen molar-refractivity contribution in [1.82, 2.24) is 0 Å². The van der Waals surface area contributed by atoms with Crippen molar-refractivity contribution >= 4 is 18.0 Å². The molecular formula is C5H5NO4. The fourth-order valence-corrected chi connectivity index (χ4v) is 0.285. The summed E-state index contributed by atoms with van der Waals surface area (Å²) in [5.74, 6) is -2.98. The second-order valence-corrected chi connectivity index (χ2v) is 1.36. The van der Waals surface area contributed by atoms with Crippen LogP contribution in [0, 0.1) is 5.41 Å². The van der Waals surface area contributed by atoms with Gasteiger partial charge in [-0.1, -0.05) is 0 Å². The zero-order valence-corrected chi connectivity index (χ0v) is 4.87. The van der Waals surface area contributed by atoms with Gasteiger partial charge in [-0.15, -0.1) is 0 Å². The molecule has 54 valence electrons. The summed E-state index contributed by atoms with van der Waals surface area (Å²) >= 11 is 0. The number of rotatable bonds is 3. The molecule has 0 spiro atoms. The number of hydrogen-bond acceptors (Lipinski definition) is 4. The van der Waals surface area contributed by atoms with E-state index in [2.05, 4.69) is 0 Å². The van der Waals surface area contributed by atoms with Crippen molar-refractivity contribution in [1.29, 1.82) is 5.41 Å². The highest BCUT2D eigenvalue weighted by Gasteiger charge is 2.15. The number of nitrogens with one attached hydrogen (secondary N) is 1. The standard InChI is InChI=1S/C5H5NO4/c6-1-3(2-7)4(8)5(9)10/h1-2,6-7H,(H,9,10)/b3-2-,6-1?. The SMILES string of the molecule is N=C/C(=C/O)C(=O)C(=O)O. The van der Waals surface area contributed by atoms with Gasteiger partial charge in [0.2, 0.25) is 0 Å². The van der Waals surface area contributed by atoms with E-state index in [0.29, 0.717) is 6.21 Å². The van der Waals surface area contributed by atoms with Gasteiger partial charge in [0, 0.05) is 6.21 Å². The molecule has 0 bridgehead atoms. The number of carboxylic acids is 1. The Morgan fingerprint density at radius 2 is 1.90 bits per heavy atom. The Labute approximate surface area is 56.1 Å². The van der Waals surface area contributed by atoms with Crippen molar-refractivity contribution in [2.24, 2.45) is 0 Å². The minimum absolute atomic E-state index is 0.281. The molecule has 5 heteroatoms. The number of hydrogen-bond donors (Lipinski definition) is 3. The predicted octanol–water partition coefficient (Wildman–Crippen LogP) is -0.268. The number of aliphatic hydroxyl groups excluding tert-OH is 1. The highest BCUT2D eigenvalue weighted by molar-refractivity contribution is 6.44. The zero-order chi connectivity index (χ0) is 8.15. The van der Waals surface area contributed by atoms with Crippen LogP contribution in [-0.2, 0) is 9.59 Å². The Hall–Kier alpha value is -1.65. The number of aliphatic carboxylic acids is 1. The van der Waals surface area contributed by atoms with Gasteiger partial charge in [-0.05, 0) is 0 Å². The Bertz CT molecular complexity index is 206. The maximum atomic E-state index is 10.3. The first-order chi connectivity index (χ1) is 4.63. The van der Waals surface area contributed by atoms with Gasteiger partial charge in [0.05, 0.1) is 11.8 Å². The van der Waals surface area contributed by atoms with Crippen LogP contribution in [0.1, 0.15) is 0 Å². The summed E-state index contributed by atoms with van der Waals surface area (Å²) in [7, 11) is 0. The van der Waals surface area contributed by atoms with E-state index in [4.69, 9.17) is 15.6 Å². The fourth-order valence-electron chi connectivity index (χ4n) is 0.285. The van der Waals surface area contributed by atoms with Gasteiger partial charge in [-0.3, -0.25) is 4.79 Å². The number of aliphatic hydroxyl groups is 1. The first-order valence-electron chi connectivity index (χ1n) is 2.26. The normalized spacial score (nSPS) is 10.6. The molecule has 0 unspecified atom stereocenters. The first-order valence-corrected chi connectivity index (χ1v) is 2.26. The predicted molar refractivity (Wildman–Crippen MR) is 32.1 cm³/mol. The number of carboxylic acid groups (broad SMARTS) is 1. The molecule has 3 N–H and O–H groups in total. The third-order valence-electron chi connectivity index (χ3n) is 0.751. The van der Waals surface area contributed by atoms with Crippen molar-refractivity contribution in [2.45, 2.75) is 0 Å². The van der Waals surface area contributed by atoms with Gasteiger partial charge >= 0.3 is 5.97 Å². The number of Topliss-reactive ketones (excluding diaryl/α,β-unsaturated/α-hetero) is 1. The molecule has 0 fully saturated rings. The van der Waals surface area contributed by atoms with Crippen LogP contribution < -0.4 is 0 Å². The molecule has 0 saturated heterocycles. The van der Waals surface area contributed by atoms with Crippen LogP contribution in [0.5, 0.6) is 0 Å². The van der Waals surface area contributed by atoms with E-state index in [1.165, 1.54) is 0 Å². The van der Waals surface area contributed by atoms with Crippen LogP contribution in [0.2, 0.25) is 0 Å². The lowest BCUT2D eigenvalue weighted by atomic mass is 10.2. The van der Waals surface area contributed by atoms with Gasteiger partial charge in [0.1, 0.15) is 0 Å². The zero-order valence-electron chi connectivity index (χ0n) is 4.87. The summed E-state index contributed by atoms with van der Waals surface area (Å²) in [5.41, 5.74) is -0.549. The number of ketones is 1. The van der Waals surface area contributed by atoms with Crippen LogP contribution in [0.25, 0.3) is 0 Å². The lowest BCUT2D eigenvalue weighted by molar-refractivity contribution is -0.147. The minimum atomic E-state index is -1.69. The molecule has 0 saturated carbocycles. The highest BCUT2D eigenvalue weighted by Crippen LogP contribution is 1.89. The summed E-state index contributed by atoms with van der Waals surface area (Å²) in [6.45, 7) is 0. The van der Waals surface area contributed by atoms with Gasteiger partial charge in [0.15, 0.2) is 0 Å². The lowest BCUT2D eigenvalue weighted by Gasteiger charge is -1.89. The lowest BCUT2D eigenvalue weighted by Crippen LogP contribution is -2.15. The third kappa shape index (κ3) is 1.70. The van der Waals surface area contributed by atoms with Gasteiger partial charge in [0.25, 0.3) is 5.78 Å². The summed E-state index contributed by atoms with van der Waals surface area (Å²) < 4.78 is 0. The summed E-state index contributed by atoms with van der Waals surface area (Å²) in [6.07, 6.45) is 0.750. The quantitative estimate of drug-likeness (QED) is 0.219. The van der Waals surface area contributed by atoms with Gasteiger partial charge < -0.3 is 15.6 Å². The summed E-state index contributed by atoms with van der Waals surface area (Å²) in [6, 6.07) is 0.